The molecule has 2 nitrogen and oxygen atoms in total. The van der Waals surface area contributed by atoms with Crippen LogP contribution in [-0.2, 0) is 0 Å². The van der Waals surface area contributed by atoms with Gasteiger partial charge in [0.2, 0.25) is 0 Å². The third-order valence-electron chi connectivity index (χ3n) is 1.24. The van der Waals surface area contributed by atoms with E-state index in [1.54, 1.807) is 6.92 Å². The van der Waals surface area contributed by atoms with Crippen molar-refractivity contribution >= 4 is 0 Å². The predicted octanol–water partition coefficient (Wildman–Crippen LogP) is 2.03. The van der Waals surface area contributed by atoms with E-state index in [0.29, 0.717) is 5.56 Å². The molecule has 0 aliphatic rings. The minimum atomic E-state index is -2.71. The molecule has 0 aliphatic heterocycles. The van der Waals surface area contributed by atoms with Gasteiger partial charge in [-0.25, -0.2) is 8.78 Å². The maximum atomic E-state index is 11.9. The zero-order valence-corrected chi connectivity index (χ0v) is 5.88. The molecule has 0 aromatic carbocycles. The van der Waals surface area contributed by atoms with Gasteiger partial charge in [0, 0.05) is 6.20 Å². The number of aromatic nitrogens is 1. The van der Waals surface area contributed by atoms with Crippen LogP contribution in [0.4, 0.5) is 8.78 Å². The molecular formula is C7H7F2NO. The number of rotatable bonds is 1. The van der Waals surface area contributed by atoms with Crippen LogP contribution >= 0.6 is 0 Å². The predicted molar refractivity (Wildman–Crippen MR) is 35.6 cm³/mol. The Kier molecular flexibility index (Phi) is 2.03. The highest BCUT2D eigenvalue weighted by atomic mass is 19.3. The van der Waals surface area contributed by atoms with E-state index >= 15 is 0 Å². The molecule has 1 aromatic heterocycles. The number of pyridine rings is 1. The van der Waals surface area contributed by atoms with Crippen LogP contribution in [0.15, 0.2) is 12.3 Å². The van der Waals surface area contributed by atoms with Crippen molar-refractivity contribution in [2.45, 2.75) is 13.3 Å². The van der Waals surface area contributed by atoms with Crippen LogP contribution < -0.4 is 0 Å². The fourth-order valence-electron chi connectivity index (χ4n) is 0.732. The summed E-state index contributed by atoms with van der Waals surface area (Å²) in [6, 6.07) is 1.26. The van der Waals surface area contributed by atoms with Gasteiger partial charge in [-0.3, -0.25) is 4.98 Å². The van der Waals surface area contributed by atoms with Crippen LogP contribution in [0, 0.1) is 6.92 Å². The highest BCUT2D eigenvalue weighted by molar-refractivity contribution is 5.29. The molecule has 0 spiro atoms. The highest BCUT2D eigenvalue weighted by Crippen LogP contribution is 2.25. The van der Waals surface area contributed by atoms with Gasteiger partial charge in [0.25, 0.3) is 6.43 Å². The van der Waals surface area contributed by atoms with Crippen molar-refractivity contribution in [3.63, 3.8) is 0 Å². The van der Waals surface area contributed by atoms with Gasteiger partial charge in [-0.15, -0.1) is 0 Å². The Morgan fingerprint density at radius 3 is 2.64 bits per heavy atom. The average molecular weight is 159 g/mol. The molecule has 0 radical (unpaired) electrons. The van der Waals surface area contributed by atoms with Crippen molar-refractivity contribution in [1.29, 1.82) is 0 Å². The molecule has 1 aromatic rings. The first-order valence-corrected chi connectivity index (χ1v) is 3.05. The third kappa shape index (κ3) is 1.63. The van der Waals surface area contributed by atoms with Gasteiger partial charge < -0.3 is 5.11 Å². The number of aryl methyl sites for hydroxylation is 1. The van der Waals surface area contributed by atoms with Gasteiger partial charge in [0.15, 0.2) is 0 Å². The molecule has 0 amide bonds. The summed E-state index contributed by atoms with van der Waals surface area (Å²) in [6.07, 6.45) is -1.42. The third-order valence-corrected chi connectivity index (χ3v) is 1.24. The van der Waals surface area contributed by atoms with Crippen LogP contribution in [0.1, 0.15) is 17.7 Å². The molecule has 0 saturated heterocycles. The molecular weight excluding hydrogens is 152 g/mol. The molecule has 1 heterocycles. The SMILES string of the molecule is Cc1cnc(C(F)F)c(O)c1. The van der Waals surface area contributed by atoms with Crippen LogP contribution in [0.5, 0.6) is 5.75 Å². The Hall–Kier alpha value is -1.19. The second-order valence-corrected chi connectivity index (χ2v) is 2.22. The molecule has 0 saturated carbocycles. The first kappa shape index (κ1) is 7.91. The van der Waals surface area contributed by atoms with Crippen LogP contribution in [0.3, 0.4) is 0 Å². The highest BCUT2D eigenvalue weighted by Gasteiger charge is 2.13. The summed E-state index contributed by atoms with van der Waals surface area (Å²) in [4.78, 5) is 3.38. The van der Waals surface area contributed by atoms with Crippen molar-refractivity contribution < 1.29 is 13.9 Å². The Balaban J connectivity index is 3.09. The van der Waals surface area contributed by atoms with Gasteiger partial charge >= 0.3 is 0 Å². The lowest BCUT2D eigenvalue weighted by atomic mass is 10.2. The number of hydrogen-bond acceptors (Lipinski definition) is 2. The normalized spacial score (nSPS) is 10.5. The van der Waals surface area contributed by atoms with Crippen LogP contribution in [0.2, 0.25) is 0 Å². The zero-order valence-electron chi connectivity index (χ0n) is 5.88. The smallest absolute Gasteiger partial charge is 0.284 e. The summed E-state index contributed by atoms with van der Waals surface area (Å²) in [6.45, 7) is 1.67. The lowest BCUT2D eigenvalue weighted by Crippen LogP contribution is -1.90. The van der Waals surface area contributed by atoms with E-state index in [9.17, 15) is 8.78 Å². The van der Waals surface area contributed by atoms with Crippen LogP contribution in [-0.4, -0.2) is 10.1 Å². The summed E-state index contributed by atoms with van der Waals surface area (Å²) in [5, 5.41) is 8.92. The van der Waals surface area contributed by atoms with E-state index in [2.05, 4.69) is 4.98 Å². The minimum absolute atomic E-state index is 0.444. The number of aromatic hydroxyl groups is 1. The fraction of sp³-hybridized carbons (Fsp3) is 0.286. The summed E-state index contributed by atoms with van der Waals surface area (Å²) < 4.78 is 23.9. The van der Waals surface area contributed by atoms with Gasteiger partial charge in [-0.2, -0.15) is 0 Å². The monoisotopic (exact) mass is 159 g/mol. The molecule has 0 aliphatic carbocycles. The molecule has 1 rings (SSSR count). The first-order valence-electron chi connectivity index (χ1n) is 3.05. The van der Waals surface area contributed by atoms with E-state index in [4.69, 9.17) is 5.11 Å². The van der Waals surface area contributed by atoms with E-state index in [1.165, 1.54) is 12.3 Å². The molecule has 11 heavy (non-hydrogen) atoms. The molecule has 1 N–H and O–H groups in total. The van der Waals surface area contributed by atoms with Crippen molar-refractivity contribution in [2.24, 2.45) is 0 Å². The summed E-state index contributed by atoms with van der Waals surface area (Å²) in [7, 11) is 0. The van der Waals surface area contributed by atoms with Gasteiger partial charge in [-0.05, 0) is 18.6 Å². The molecule has 0 fully saturated rings. The topological polar surface area (TPSA) is 33.1 Å². The maximum Gasteiger partial charge on any atom is 0.284 e. The quantitative estimate of drug-likeness (QED) is 0.680. The summed E-state index contributed by atoms with van der Waals surface area (Å²) in [5.41, 5.74) is 0.0995. The molecule has 4 heteroatoms. The first-order chi connectivity index (χ1) is 5.11. The molecule has 0 atom stereocenters. The number of nitrogens with zero attached hydrogens (tertiary/aromatic N) is 1. The maximum absolute atomic E-state index is 11.9. The molecule has 60 valence electrons. The summed E-state index contributed by atoms with van der Waals surface area (Å²) in [5.74, 6) is -0.444. The second-order valence-electron chi connectivity index (χ2n) is 2.22. The fourth-order valence-corrected chi connectivity index (χ4v) is 0.732. The van der Waals surface area contributed by atoms with Crippen molar-refractivity contribution in [2.75, 3.05) is 0 Å². The van der Waals surface area contributed by atoms with E-state index < -0.39 is 17.9 Å². The number of alkyl halides is 2. The minimum Gasteiger partial charge on any atom is -0.506 e. The molecule has 0 bridgehead atoms. The number of halogens is 2. The van der Waals surface area contributed by atoms with Crippen molar-refractivity contribution in [3.8, 4) is 5.75 Å². The van der Waals surface area contributed by atoms with Gasteiger partial charge in [0.05, 0.1) is 0 Å². The lowest BCUT2D eigenvalue weighted by molar-refractivity contribution is 0.142. The lowest BCUT2D eigenvalue weighted by Gasteiger charge is -2.01. The average Bonchev–Trinajstić information content (AvgIpc) is 1.85. The van der Waals surface area contributed by atoms with E-state index in [1.807, 2.05) is 0 Å². The Morgan fingerprint density at radius 1 is 1.55 bits per heavy atom. The zero-order chi connectivity index (χ0) is 8.43. The van der Waals surface area contributed by atoms with Crippen molar-refractivity contribution in [1.82, 2.24) is 4.98 Å². The van der Waals surface area contributed by atoms with E-state index in [0.717, 1.165) is 0 Å². The largest absolute Gasteiger partial charge is 0.506 e. The summed E-state index contributed by atoms with van der Waals surface area (Å²) >= 11 is 0. The Morgan fingerprint density at radius 2 is 2.18 bits per heavy atom. The van der Waals surface area contributed by atoms with Crippen LogP contribution in [0.25, 0.3) is 0 Å². The standard InChI is InChI=1S/C7H7F2NO/c1-4-2-5(11)6(7(8)9)10-3-4/h2-3,7,11H,1H3. The number of hydrogen-bond donors (Lipinski definition) is 1. The van der Waals surface area contributed by atoms with E-state index in [-0.39, 0.29) is 0 Å². The molecule has 0 unspecified atom stereocenters. The Bertz CT molecular complexity index is 263. The second kappa shape index (κ2) is 2.82. The Labute approximate surface area is 62.5 Å². The van der Waals surface area contributed by atoms with Gasteiger partial charge in [-0.1, -0.05) is 0 Å². The van der Waals surface area contributed by atoms with Gasteiger partial charge in [0.1, 0.15) is 11.4 Å². The van der Waals surface area contributed by atoms with Crippen molar-refractivity contribution in [3.05, 3.63) is 23.5 Å².